The molecule has 0 radical (unpaired) electrons. The Hall–Kier alpha value is -3.51. The molecular formula is C29H31N3O2S. The molecule has 1 aliphatic rings. The van der Waals surface area contributed by atoms with E-state index >= 15 is 0 Å². The van der Waals surface area contributed by atoms with Gasteiger partial charge in [0.2, 0.25) is 0 Å². The van der Waals surface area contributed by atoms with Crippen molar-refractivity contribution in [3.05, 3.63) is 87.7 Å². The van der Waals surface area contributed by atoms with Crippen LogP contribution in [0.1, 0.15) is 54.4 Å². The summed E-state index contributed by atoms with van der Waals surface area (Å²) in [6.07, 6.45) is 1.66. The number of amides is 2. The van der Waals surface area contributed by atoms with Crippen LogP contribution < -0.4 is 10.2 Å². The number of carbonyl (C=O) groups is 2. The van der Waals surface area contributed by atoms with Gasteiger partial charge in [-0.2, -0.15) is 0 Å². The summed E-state index contributed by atoms with van der Waals surface area (Å²) in [5.41, 5.74) is 8.01. The number of aryl methyl sites for hydroxylation is 3. The highest BCUT2D eigenvalue weighted by Crippen LogP contribution is 2.28. The van der Waals surface area contributed by atoms with Crippen LogP contribution in [0.25, 0.3) is 11.8 Å². The molecule has 0 unspecified atom stereocenters. The van der Waals surface area contributed by atoms with Gasteiger partial charge in [-0.05, 0) is 104 Å². The smallest absolute Gasteiger partial charge is 0.270 e. The van der Waals surface area contributed by atoms with E-state index in [0.29, 0.717) is 5.69 Å². The van der Waals surface area contributed by atoms with Gasteiger partial charge in [0.15, 0.2) is 5.11 Å². The number of nitrogens with zero attached hydrogens (tertiary/aromatic N) is 2. The van der Waals surface area contributed by atoms with Crippen molar-refractivity contribution in [1.29, 1.82) is 0 Å². The van der Waals surface area contributed by atoms with Gasteiger partial charge in [0.1, 0.15) is 5.57 Å². The van der Waals surface area contributed by atoms with Crippen LogP contribution in [-0.4, -0.2) is 21.5 Å². The highest BCUT2D eigenvalue weighted by molar-refractivity contribution is 7.80. The van der Waals surface area contributed by atoms with E-state index in [4.69, 9.17) is 12.2 Å². The third kappa shape index (κ3) is 4.58. The van der Waals surface area contributed by atoms with Crippen molar-refractivity contribution in [2.45, 2.75) is 53.9 Å². The van der Waals surface area contributed by atoms with Crippen molar-refractivity contribution in [2.75, 3.05) is 4.90 Å². The lowest BCUT2D eigenvalue weighted by Crippen LogP contribution is -2.54. The molecule has 0 spiro atoms. The number of hydrogen-bond donors (Lipinski definition) is 1. The zero-order chi connectivity index (χ0) is 25.7. The van der Waals surface area contributed by atoms with Crippen molar-refractivity contribution in [3.63, 3.8) is 0 Å². The van der Waals surface area contributed by atoms with Gasteiger partial charge >= 0.3 is 0 Å². The van der Waals surface area contributed by atoms with E-state index in [1.807, 2.05) is 52.0 Å². The minimum atomic E-state index is -0.487. The maximum Gasteiger partial charge on any atom is 0.270 e. The van der Waals surface area contributed by atoms with E-state index < -0.39 is 11.8 Å². The fourth-order valence-electron chi connectivity index (χ4n) is 4.35. The predicted octanol–water partition coefficient (Wildman–Crippen LogP) is 5.84. The highest BCUT2D eigenvalue weighted by Gasteiger charge is 2.35. The number of aromatic nitrogens is 1. The van der Waals surface area contributed by atoms with Crippen LogP contribution in [0, 0.1) is 27.7 Å². The van der Waals surface area contributed by atoms with E-state index in [0.717, 1.165) is 33.8 Å². The number of benzene rings is 2. The van der Waals surface area contributed by atoms with E-state index in [-0.39, 0.29) is 16.1 Å². The quantitative estimate of drug-likeness (QED) is 0.288. The fraction of sp³-hybridized carbons (Fsp3) is 0.276. The molecule has 180 valence electrons. The number of carbonyl (C=O) groups excluding carboxylic acids is 2. The van der Waals surface area contributed by atoms with E-state index in [2.05, 4.69) is 54.9 Å². The Morgan fingerprint density at radius 1 is 0.857 bits per heavy atom. The SMILES string of the molecule is Cc1ccc(N2C(=O)/C(=C/c3cc(C)n(-c4ccc(C(C)(C)C)cc4)c3C)C(=O)NC2=S)cc1C. The van der Waals surface area contributed by atoms with Crippen molar-refractivity contribution in [1.82, 2.24) is 9.88 Å². The summed E-state index contributed by atoms with van der Waals surface area (Å²) in [7, 11) is 0. The van der Waals surface area contributed by atoms with Crippen LogP contribution in [-0.2, 0) is 15.0 Å². The second kappa shape index (κ2) is 8.93. The normalized spacial score (nSPS) is 15.7. The van der Waals surface area contributed by atoms with Crippen molar-refractivity contribution in [3.8, 4) is 5.69 Å². The molecule has 2 amide bonds. The first-order valence-electron chi connectivity index (χ1n) is 11.7. The molecule has 5 nitrogen and oxygen atoms in total. The maximum atomic E-state index is 13.5. The summed E-state index contributed by atoms with van der Waals surface area (Å²) in [4.78, 5) is 27.6. The molecule has 0 bridgehead atoms. The van der Waals surface area contributed by atoms with Gasteiger partial charge < -0.3 is 4.57 Å². The second-order valence-corrected chi connectivity index (χ2v) is 10.6. The fourth-order valence-corrected chi connectivity index (χ4v) is 4.63. The number of rotatable bonds is 3. The standard InChI is InChI=1S/C29H31N3O2S/c1-17-8-11-24(14-18(17)2)32-27(34)25(26(33)30-28(32)35)16-21-15-19(3)31(20(21)4)23-12-9-22(10-13-23)29(5,6)7/h8-16H,1-7H3,(H,30,33,35)/b25-16+. The third-order valence-electron chi connectivity index (χ3n) is 6.61. The van der Waals surface area contributed by atoms with Gasteiger partial charge in [-0.25, -0.2) is 0 Å². The number of thiocarbonyl (C=S) groups is 1. The Bertz CT molecular complexity index is 1390. The molecule has 3 aromatic rings. The monoisotopic (exact) mass is 485 g/mol. The lowest BCUT2D eigenvalue weighted by molar-refractivity contribution is -0.122. The largest absolute Gasteiger partial charge is 0.318 e. The third-order valence-corrected chi connectivity index (χ3v) is 6.90. The minimum absolute atomic E-state index is 0.0557. The molecule has 2 heterocycles. The van der Waals surface area contributed by atoms with Crippen LogP contribution in [0.15, 0.2) is 54.1 Å². The van der Waals surface area contributed by atoms with E-state index in [1.165, 1.54) is 10.5 Å². The van der Waals surface area contributed by atoms with Gasteiger partial charge in [-0.15, -0.1) is 0 Å². The van der Waals surface area contributed by atoms with Gasteiger partial charge in [0.05, 0.1) is 5.69 Å². The van der Waals surface area contributed by atoms with E-state index in [9.17, 15) is 9.59 Å². The number of hydrogen-bond acceptors (Lipinski definition) is 3. The summed E-state index contributed by atoms with van der Waals surface area (Å²) in [5, 5.41) is 2.77. The molecule has 1 saturated heterocycles. The van der Waals surface area contributed by atoms with Gasteiger partial charge in [-0.3, -0.25) is 19.8 Å². The Labute approximate surface area is 212 Å². The van der Waals surface area contributed by atoms with Gasteiger partial charge in [0, 0.05) is 17.1 Å². The van der Waals surface area contributed by atoms with Crippen molar-refractivity contribution >= 4 is 40.9 Å². The first kappa shape index (κ1) is 24.6. The molecule has 1 aliphatic heterocycles. The van der Waals surface area contributed by atoms with Crippen molar-refractivity contribution in [2.24, 2.45) is 0 Å². The van der Waals surface area contributed by atoms with Crippen molar-refractivity contribution < 1.29 is 9.59 Å². The summed E-state index contributed by atoms with van der Waals surface area (Å²) >= 11 is 5.35. The molecule has 1 N–H and O–H groups in total. The Kier molecular flexibility index (Phi) is 6.28. The summed E-state index contributed by atoms with van der Waals surface area (Å²) in [6.45, 7) is 14.6. The summed E-state index contributed by atoms with van der Waals surface area (Å²) in [6, 6.07) is 16.2. The Balaban J connectivity index is 1.73. The zero-order valence-corrected chi connectivity index (χ0v) is 22.1. The van der Waals surface area contributed by atoms with Crippen LogP contribution in [0.5, 0.6) is 0 Å². The van der Waals surface area contributed by atoms with E-state index in [1.54, 1.807) is 6.08 Å². The minimum Gasteiger partial charge on any atom is -0.318 e. The molecule has 1 fully saturated rings. The summed E-state index contributed by atoms with van der Waals surface area (Å²) < 4.78 is 2.13. The summed E-state index contributed by atoms with van der Waals surface area (Å²) in [5.74, 6) is -0.916. The second-order valence-electron chi connectivity index (χ2n) is 10.2. The lowest BCUT2D eigenvalue weighted by Gasteiger charge is -2.29. The maximum absolute atomic E-state index is 13.5. The molecular weight excluding hydrogens is 454 g/mol. The molecule has 2 aromatic carbocycles. The van der Waals surface area contributed by atoms with Crippen LogP contribution in [0.4, 0.5) is 5.69 Å². The van der Waals surface area contributed by atoms with Gasteiger partial charge in [0.25, 0.3) is 11.8 Å². The average molecular weight is 486 g/mol. The molecule has 0 saturated carbocycles. The predicted molar refractivity (Wildman–Crippen MR) is 146 cm³/mol. The topological polar surface area (TPSA) is 54.3 Å². The molecule has 4 rings (SSSR count). The van der Waals surface area contributed by atoms with Gasteiger partial charge in [-0.1, -0.05) is 39.0 Å². The number of anilines is 1. The Morgan fingerprint density at radius 3 is 2.09 bits per heavy atom. The molecule has 1 aromatic heterocycles. The first-order chi connectivity index (χ1) is 16.4. The first-order valence-corrected chi connectivity index (χ1v) is 12.1. The average Bonchev–Trinajstić information content (AvgIpc) is 3.05. The van der Waals surface area contributed by atoms with Crippen LogP contribution in [0.2, 0.25) is 0 Å². The molecule has 0 atom stereocenters. The number of nitrogens with one attached hydrogen (secondary N) is 1. The molecule has 0 aliphatic carbocycles. The highest BCUT2D eigenvalue weighted by atomic mass is 32.1. The zero-order valence-electron chi connectivity index (χ0n) is 21.3. The Morgan fingerprint density at radius 2 is 1.49 bits per heavy atom. The molecule has 35 heavy (non-hydrogen) atoms. The molecule has 6 heteroatoms. The lowest BCUT2D eigenvalue weighted by atomic mass is 9.87. The van der Waals surface area contributed by atoms with Crippen LogP contribution in [0.3, 0.4) is 0 Å². The van der Waals surface area contributed by atoms with Crippen LogP contribution >= 0.6 is 12.2 Å².